The highest BCUT2D eigenvalue weighted by Gasteiger charge is 2.28. The predicted molar refractivity (Wildman–Crippen MR) is 106 cm³/mol. The van der Waals surface area contributed by atoms with Gasteiger partial charge in [-0.05, 0) is 42.5 Å². The Kier molecular flexibility index (Phi) is 5.68. The van der Waals surface area contributed by atoms with Crippen LogP contribution in [0.1, 0.15) is 29.0 Å². The lowest BCUT2D eigenvalue weighted by molar-refractivity contribution is 0.0459. The average molecular weight is 454 g/mol. The summed E-state index contributed by atoms with van der Waals surface area (Å²) in [5, 5.41) is 5.76. The molecule has 152 valence electrons. The van der Waals surface area contributed by atoms with Crippen LogP contribution in [0.2, 0.25) is 5.02 Å². The molecule has 0 aliphatic carbocycles. The molecule has 3 heterocycles. The largest absolute Gasteiger partial charge is 0.454 e. The molecule has 0 saturated carbocycles. The lowest BCUT2D eigenvalue weighted by Gasteiger charge is -2.16. The highest BCUT2D eigenvalue weighted by Crippen LogP contribution is 2.26. The first-order valence-corrected chi connectivity index (χ1v) is 11.5. The molecule has 0 N–H and O–H groups in total. The third-order valence-corrected chi connectivity index (χ3v) is 7.48. The molecule has 11 heteroatoms. The van der Waals surface area contributed by atoms with Crippen LogP contribution in [0.5, 0.6) is 0 Å². The number of hydrogen-bond acceptors (Lipinski definition) is 8. The zero-order valence-electron chi connectivity index (χ0n) is 15.1. The van der Waals surface area contributed by atoms with Crippen molar-refractivity contribution in [2.24, 2.45) is 0 Å². The number of nitrogens with zero attached hydrogens (tertiary/aromatic N) is 3. The third kappa shape index (κ3) is 4.20. The van der Waals surface area contributed by atoms with Crippen LogP contribution >= 0.6 is 22.9 Å². The number of carbonyl (C=O) groups is 1. The summed E-state index contributed by atoms with van der Waals surface area (Å²) in [6.07, 6.45) is 1.64. The van der Waals surface area contributed by atoms with Crippen LogP contribution in [-0.4, -0.2) is 41.9 Å². The van der Waals surface area contributed by atoms with Crippen molar-refractivity contribution in [3.05, 3.63) is 52.1 Å². The van der Waals surface area contributed by atoms with Gasteiger partial charge in [-0.3, -0.25) is 0 Å². The molecule has 1 saturated heterocycles. The fourth-order valence-electron chi connectivity index (χ4n) is 2.92. The number of ether oxygens (including phenoxy) is 1. The number of halogens is 1. The van der Waals surface area contributed by atoms with E-state index in [1.54, 1.807) is 0 Å². The molecule has 1 aromatic carbocycles. The highest BCUT2D eigenvalue weighted by atomic mass is 35.5. The Morgan fingerprint density at radius 2 is 2.07 bits per heavy atom. The molecule has 3 aromatic rings. The second kappa shape index (κ2) is 8.23. The minimum absolute atomic E-state index is 0.00953. The van der Waals surface area contributed by atoms with Gasteiger partial charge < -0.3 is 9.26 Å². The number of aromatic nitrogens is 2. The SMILES string of the molecule is O=C(OCc1noc(-c2cccs2)n1)c1cc(S(=O)(=O)N2CCCC2)ccc1Cl. The summed E-state index contributed by atoms with van der Waals surface area (Å²) < 4.78 is 37.2. The van der Waals surface area contributed by atoms with Crippen LogP contribution in [0.25, 0.3) is 10.8 Å². The molecule has 2 aromatic heterocycles. The van der Waals surface area contributed by atoms with E-state index in [1.165, 1.54) is 33.8 Å². The van der Waals surface area contributed by atoms with Crippen molar-refractivity contribution < 1.29 is 22.5 Å². The fourth-order valence-corrected chi connectivity index (χ4v) is 5.30. The number of benzene rings is 1. The van der Waals surface area contributed by atoms with E-state index in [2.05, 4.69) is 10.1 Å². The normalized spacial score (nSPS) is 14.9. The number of carbonyl (C=O) groups excluding carboxylic acids is 1. The van der Waals surface area contributed by atoms with E-state index < -0.39 is 16.0 Å². The van der Waals surface area contributed by atoms with Crippen LogP contribution in [-0.2, 0) is 21.4 Å². The van der Waals surface area contributed by atoms with E-state index in [0.29, 0.717) is 19.0 Å². The second-order valence-electron chi connectivity index (χ2n) is 6.32. The number of sulfonamides is 1. The topological polar surface area (TPSA) is 103 Å². The van der Waals surface area contributed by atoms with Crippen molar-refractivity contribution >= 4 is 38.9 Å². The first-order chi connectivity index (χ1) is 13.9. The van der Waals surface area contributed by atoms with E-state index >= 15 is 0 Å². The summed E-state index contributed by atoms with van der Waals surface area (Å²) in [5.41, 5.74) is -0.0334. The number of thiophene rings is 1. The second-order valence-corrected chi connectivity index (χ2v) is 9.61. The number of rotatable bonds is 6. The molecule has 0 atom stereocenters. The molecule has 4 rings (SSSR count). The Morgan fingerprint density at radius 1 is 1.28 bits per heavy atom. The maximum Gasteiger partial charge on any atom is 0.340 e. The molecule has 0 spiro atoms. The minimum atomic E-state index is -3.67. The van der Waals surface area contributed by atoms with Crippen LogP contribution in [0.3, 0.4) is 0 Å². The van der Waals surface area contributed by atoms with Crippen LogP contribution < -0.4 is 0 Å². The van der Waals surface area contributed by atoms with Crippen molar-refractivity contribution in [1.82, 2.24) is 14.4 Å². The summed E-state index contributed by atoms with van der Waals surface area (Å²) in [7, 11) is -3.67. The lowest BCUT2D eigenvalue weighted by atomic mass is 10.2. The monoisotopic (exact) mass is 453 g/mol. The number of hydrogen-bond donors (Lipinski definition) is 0. The van der Waals surface area contributed by atoms with Crippen molar-refractivity contribution in [3.8, 4) is 10.8 Å². The first kappa shape index (κ1) is 20.0. The average Bonchev–Trinajstić information content (AvgIpc) is 3.48. The van der Waals surface area contributed by atoms with Gasteiger partial charge >= 0.3 is 5.97 Å². The van der Waals surface area contributed by atoms with Gasteiger partial charge in [-0.2, -0.15) is 9.29 Å². The summed E-state index contributed by atoms with van der Waals surface area (Å²) >= 11 is 7.54. The van der Waals surface area contributed by atoms with Gasteiger partial charge in [0.1, 0.15) is 0 Å². The smallest absolute Gasteiger partial charge is 0.340 e. The maximum atomic E-state index is 12.7. The van der Waals surface area contributed by atoms with Crippen LogP contribution in [0.4, 0.5) is 0 Å². The summed E-state index contributed by atoms with van der Waals surface area (Å²) in [6.45, 7) is 0.706. The lowest BCUT2D eigenvalue weighted by Crippen LogP contribution is -2.28. The summed E-state index contributed by atoms with van der Waals surface area (Å²) in [6, 6.07) is 7.70. The Balaban J connectivity index is 1.48. The van der Waals surface area contributed by atoms with E-state index in [9.17, 15) is 13.2 Å². The Hall–Kier alpha value is -2.27. The standard InChI is InChI=1S/C18H16ClN3O5S2/c19-14-6-5-12(29(24,25)22-7-1-2-8-22)10-13(14)18(23)26-11-16-20-17(27-21-16)15-4-3-9-28-15/h3-6,9-10H,1-2,7-8,11H2. The van der Waals surface area contributed by atoms with E-state index in [0.717, 1.165) is 17.7 Å². The van der Waals surface area contributed by atoms with Gasteiger partial charge in [-0.1, -0.05) is 22.8 Å². The molecule has 0 amide bonds. The Labute approximate surface area is 176 Å². The van der Waals surface area contributed by atoms with Gasteiger partial charge in [0, 0.05) is 13.1 Å². The van der Waals surface area contributed by atoms with Crippen molar-refractivity contribution in [2.45, 2.75) is 24.3 Å². The Bertz CT molecular complexity index is 1120. The van der Waals surface area contributed by atoms with Crippen molar-refractivity contribution in [3.63, 3.8) is 0 Å². The summed E-state index contributed by atoms with van der Waals surface area (Å²) in [5.74, 6) is -0.238. The maximum absolute atomic E-state index is 12.7. The van der Waals surface area contributed by atoms with Gasteiger partial charge in [-0.15, -0.1) is 11.3 Å². The van der Waals surface area contributed by atoms with Gasteiger partial charge in [0.05, 0.1) is 20.4 Å². The fraction of sp³-hybridized carbons (Fsp3) is 0.278. The van der Waals surface area contributed by atoms with Gasteiger partial charge in [0.25, 0.3) is 5.89 Å². The molecule has 0 radical (unpaired) electrons. The zero-order valence-corrected chi connectivity index (χ0v) is 17.5. The van der Waals surface area contributed by atoms with Gasteiger partial charge in [0.2, 0.25) is 15.8 Å². The highest BCUT2D eigenvalue weighted by molar-refractivity contribution is 7.89. The molecule has 0 unspecified atom stereocenters. The molecular formula is C18H16ClN3O5S2. The van der Waals surface area contributed by atoms with E-state index in [-0.39, 0.29) is 27.9 Å². The third-order valence-electron chi connectivity index (χ3n) is 4.39. The molecule has 1 fully saturated rings. The molecule has 1 aliphatic heterocycles. The molecule has 29 heavy (non-hydrogen) atoms. The summed E-state index contributed by atoms with van der Waals surface area (Å²) in [4.78, 5) is 17.5. The van der Waals surface area contributed by atoms with Crippen LogP contribution in [0, 0.1) is 0 Å². The first-order valence-electron chi connectivity index (χ1n) is 8.78. The Morgan fingerprint density at radius 3 is 2.79 bits per heavy atom. The predicted octanol–water partition coefficient (Wildman–Crippen LogP) is 3.59. The number of esters is 1. The van der Waals surface area contributed by atoms with E-state index in [1.807, 2.05) is 17.5 Å². The van der Waals surface area contributed by atoms with Crippen molar-refractivity contribution in [1.29, 1.82) is 0 Å². The molecule has 1 aliphatic rings. The van der Waals surface area contributed by atoms with Crippen LogP contribution in [0.15, 0.2) is 45.1 Å². The molecule has 0 bridgehead atoms. The van der Waals surface area contributed by atoms with Gasteiger partial charge in [0.15, 0.2) is 6.61 Å². The van der Waals surface area contributed by atoms with E-state index in [4.69, 9.17) is 20.9 Å². The van der Waals surface area contributed by atoms with Gasteiger partial charge in [-0.25, -0.2) is 13.2 Å². The van der Waals surface area contributed by atoms with Crippen molar-refractivity contribution in [2.75, 3.05) is 13.1 Å². The minimum Gasteiger partial charge on any atom is -0.454 e. The molecular weight excluding hydrogens is 438 g/mol. The quantitative estimate of drug-likeness (QED) is 0.525. The molecule has 8 nitrogen and oxygen atoms in total. The zero-order chi connectivity index (χ0) is 20.4.